The molecule has 1 saturated heterocycles. The van der Waals surface area contributed by atoms with Crippen molar-refractivity contribution >= 4 is 22.7 Å². The number of carbonyl (C=O) groups excluding carboxylic acids is 2. The van der Waals surface area contributed by atoms with Crippen molar-refractivity contribution in [2.45, 2.75) is 58.5 Å². The molecular formula is C21H25NO4. The summed E-state index contributed by atoms with van der Waals surface area (Å²) in [4.78, 5) is 27.7. The summed E-state index contributed by atoms with van der Waals surface area (Å²) in [6.45, 7) is 7.22. The molecule has 1 aromatic heterocycles. The molecule has 5 nitrogen and oxygen atoms in total. The Morgan fingerprint density at radius 1 is 1.12 bits per heavy atom. The molecule has 0 radical (unpaired) electrons. The van der Waals surface area contributed by atoms with Crippen molar-refractivity contribution in [3.8, 4) is 5.75 Å². The van der Waals surface area contributed by atoms with E-state index in [1.54, 1.807) is 12.1 Å². The van der Waals surface area contributed by atoms with E-state index in [9.17, 15) is 9.59 Å². The highest BCUT2D eigenvalue weighted by Gasteiger charge is 2.36. The van der Waals surface area contributed by atoms with Crippen LogP contribution < -0.4 is 4.74 Å². The van der Waals surface area contributed by atoms with Crippen LogP contribution in [0.25, 0.3) is 11.0 Å². The van der Waals surface area contributed by atoms with Gasteiger partial charge in [0, 0.05) is 24.0 Å². The molecule has 0 N–H and O–H groups in total. The van der Waals surface area contributed by atoms with E-state index < -0.39 is 5.60 Å². The molecule has 0 aliphatic carbocycles. The first-order valence-electron chi connectivity index (χ1n) is 9.45. The lowest BCUT2D eigenvalue weighted by Gasteiger charge is -2.31. The number of ether oxygens (including phenoxy) is 1. The predicted octanol–water partition coefficient (Wildman–Crippen LogP) is 4.50. The highest BCUT2D eigenvalue weighted by Crippen LogP contribution is 2.40. The number of benzene rings is 1. The second-order valence-corrected chi connectivity index (χ2v) is 8.04. The molecule has 5 heteroatoms. The van der Waals surface area contributed by atoms with Gasteiger partial charge in [0.05, 0.1) is 12.0 Å². The Balaban J connectivity index is 1.79. The average Bonchev–Trinajstić information content (AvgIpc) is 2.76. The summed E-state index contributed by atoms with van der Waals surface area (Å²) in [5.74, 6) is 0.905. The Labute approximate surface area is 153 Å². The van der Waals surface area contributed by atoms with Crippen molar-refractivity contribution in [3.05, 3.63) is 29.0 Å². The van der Waals surface area contributed by atoms with Crippen molar-refractivity contribution in [3.63, 3.8) is 0 Å². The van der Waals surface area contributed by atoms with E-state index in [0.29, 0.717) is 29.1 Å². The van der Waals surface area contributed by atoms with E-state index in [1.807, 2.05) is 25.7 Å². The van der Waals surface area contributed by atoms with Crippen LogP contribution in [0.15, 0.2) is 16.5 Å². The molecule has 0 spiro atoms. The van der Waals surface area contributed by atoms with E-state index in [4.69, 9.17) is 9.15 Å². The third kappa shape index (κ3) is 2.79. The van der Waals surface area contributed by atoms with Crippen LogP contribution in [0.1, 0.15) is 72.4 Å². The van der Waals surface area contributed by atoms with Gasteiger partial charge in [-0.15, -0.1) is 0 Å². The van der Waals surface area contributed by atoms with Crippen molar-refractivity contribution in [1.82, 2.24) is 4.90 Å². The summed E-state index contributed by atoms with van der Waals surface area (Å²) in [7, 11) is 0. The number of nitrogens with zero attached hydrogens (tertiary/aromatic N) is 1. The number of Topliss-reactive ketones (excluding diaryl/α,β-unsaturated/α-hetero) is 1. The number of rotatable bonds is 1. The number of amides is 1. The van der Waals surface area contributed by atoms with E-state index in [-0.39, 0.29) is 11.7 Å². The number of fused-ring (bicyclic) bond motifs is 3. The zero-order chi connectivity index (χ0) is 18.5. The molecule has 0 saturated carbocycles. The van der Waals surface area contributed by atoms with Crippen molar-refractivity contribution in [2.75, 3.05) is 13.1 Å². The van der Waals surface area contributed by atoms with Crippen molar-refractivity contribution < 1.29 is 18.7 Å². The fraction of sp³-hybridized carbons (Fsp3) is 0.524. The van der Waals surface area contributed by atoms with Gasteiger partial charge in [-0.1, -0.05) is 12.8 Å². The molecule has 2 aliphatic heterocycles. The zero-order valence-electron chi connectivity index (χ0n) is 15.7. The molecule has 26 heavy (non-hydrogen) atoms. The van der Waals surface area contributed by atoms with Crippen LogP contribution in [0.3, 0.4) is 0 Å². The summed E-state index contributed by atoms with van der Waals surface area (Å²) < 4.78 is 11.9. The summed E-state index contributed by atoms with van der Waals surface area (Å²) in [6.07, 6.45) is 4.71. The Bertz CT molecular complexity index is 885. The molecule has 138 valence electrons. The normalized spacial score (nSPS) is 19.8. The van der Waals surface area contributed by atoms with Gasteiger partial charge in [0.2, 0.25) is 0 Å². The van der Waals surface area contributed by atoms with E-state index in [0.717, 1.165) is 49.7 Å². The van der Waals surface area contributed by atoms with E-state index in [2.05, 4.69) is 0 Å². The Hall–Kier alpha value is -2.30. The van der Waals surface area contributed by atoms with Gasteiger partial charge in [-0.3, -0.25) is 9.59 Å². The number of hydrogen-bond donors (Lipinski definition) is 0. The maximum atomic E-state index is 13.0. The third-order valence-electron chi connectivity index (χ3n) is 5.40. The molecule has 1 amide bonds. The Morgan fingerprint density at radius 2 is 1.81 bits per heavy atom. The second-order valence-electron chi connectivity index (χ2n) is 8.04. The topological polar surface area (TPSA) is 59.8 Å². The van der Waals surface area contributed by atoms with Crippen LogP contribution in [0, 0.1) is 6.92 Å². The van der Waals surface area contributed by atoms with Gasteiger partial charge in [-0.25, -0.2) is 0 Å². The highest BCUT2D eigenvalue weighted by atomic mass is 16.5. The SMILES string of the molecule is Cc1c(C(=O)N2CCCCCC2)oc2ccc3c(c12)C(=O)CC(C)(C)O3. The Morgan fingerprint density at radius 3 is 2.50 bits per heavy atom. The minimum absolute atomic E-state index is 0.0412. The minimum atomic E-state index is -0.514. The van der Waals surface area contributed by atoms with Crippen LogP contribution in [0.4, 0.5) is 0 Å². The predicted molar refractivity (Wildman–Crippen MR) is 99.0 cm³/mol. The number of carbonyl (C=O) groups is 2. The number of ketones is 1. The minimum Gasteiger partial charge on any atom is -0.487 e. The molecule has 1 fully saturated rings. The van der Waals surface area contributed by atoms with Crippen molar-refractivity contribution in [2.24, 2.45) is 0 Å². The fourth-order valence-corrected chi connectivity index (χ4v) is 4.11. The van der Waals surface area contributed by atoms with Crippen LogP contribution in [0.5, 0.6) is 5.75 Å². The number of likely N-dealkylation sites (tertiary alicyclic amines) is 1. The molecule has 0 bridgehead atoms. The first kappa shape index (κ1) is 17.1. The number of aryl methyl sites for hydroxylation is 1. The van der Waals surface area contributed by atoms with Crippen LogP contribution in [0.2, 0.25) is 0 Å². The van der Waals surface area contributed by atoms with Gasteiger partial charge in [0.1, 0.15) is 16.9 Å². The fourth-order valence-electron chi connectivity index (χ4n) is 4.11. The largest absolute Gasteiger partial charge is 0.487 e. The summed E-state index contributed by atoms with van der Waals surface area (Å²) >= 11 is 0. The molecule has 0 atom stereocenters. The quantitative estimate of drug-likeness (QED) is 0.755. The van der Waals surface area contributed by atoms with Crippen LogP contribution in [-0.2, 0) is 0 Å². The number of furan rings is 1. The third-order valence-corrected chi connectivity index (χ3v) is 5.40. The number of hydrogen-bond acceptors (Lipinski definition) is 4. The van der Waals surface area contributed by atoms with Crippen molar-refractivity contribution in [1.29, 1.82) is 0 Å². The van der Waals surface area contributed by atoms with Gasteiger partial charge in [-0.2, -0.15) is 0 Å². The van der Waals surface area contributed by atoms with Gasteiger partial charge in [0.15, 0.2) is 11.5 Å². The summed E-state index contributed by atoms with van der Waals surface area (Å²) in [5, 5.41) is 0.723. The molecule has 3 heterocycles. The zero-order valence-corrected chi connectivity index (χ0v) is 15.7. The highest BCUT2D eigenvalue weighted by molar-refractivity contribution is 6.13. The van der Waals surface area contributed by atoms with Gasteiger partial charge in [0.25, 0.3) is 5.91 Å². The first-order valence-corrected chi connectivity index (χ1v) is 9.45. The molecule has 2 aliphatic rings. The molecular weight excluding hydrogens is 330 g/mol. The van der Waals surface area contributed by atoms with E-state index >= 15 is 0 Å². The maximum Gasteiger partial charge on any atom is 0.289 e. The standard InChI is InChI=1S/C21H25NO4/c1-13-17-15(8-9-16-18(17)14(23)12-21(2,3)26-16)25-19(13)20(24)22-10-6-4-5-7-11-22/h8-9H,4-7,10-12H2,1-3H3. The monoisotopic (exact) mass is 355 g/mol. The lowest BCUT2D eigenvalue weighted by atomic mass is 9.90. The summed E-state index contributed by atoms with van der Waals surface area (Å²) in [5.41, 5.74) is 1.36. The van der Waals surface area contributed by atoms with Gasteiger partial charge < -0.3 is 14.1 Å². The summed E-state index contributed by atoms with van der Waals surface area (Å²) in [6, 6.07) is 3.58. The van der Waals surface area contributed by atoms with Gasteiger partial charge >= 0.3 is 0 Å². The maximum absolute atomic E-state index is 13.0. The lowest BCUT2D eigenvalue weighted by Crippen LogP contribution is -2.36. The molecule has 4 rings (SSSR count). The molecule has 1 aromatic carbocycles. The smallest absolute Gasteiger partial charge is 0.289 e. The second kappa shape index (κ2) is 6.15. The van der Waals surface area contributed by atoms with Crippen LogP contribution in [-0.4, -0.2) is 35.3 Å². The van der Waals surface area contributed by atoms with Gasteiger partial charge in [-0.05, 0) is 45.7 Å². The Kier molecular flexibility index (Phi) is 4.05. The first-order chi connectivity index (χ1) is 12.4. The molecule has 2 aromatic rings. The van der Waals surface area contributed by atoms with Crippen LogP contribution >= 0.6 is 0 Å². The molecule has 0 unspecified atom stereocenters. The lowest BCUT2D eigenvalue weighted by molar-refractivity contribution is 0.0623. The average molecular weight is 355 g/mol. The van der Waals surface area contributed by atoms with E-state index in [1.165, 1.54) is 0 Å².